The van der Waals surface area contributed by atoms with E-state index in [4.69, 9.17) is 5.73 Å². The molecule has 0 aliphatic rings. The minimum absolute atomic E-state index is 0.112. The highest BCUT2D eigenvalue weighted by Crippen LogP contribution is 2.34. The van der Waals surface area contributed by atoms with Gasteiger partial charge in [0.2, 0.25) is 5.91 Å². The highest BCUT2D eigenvalue weighted by Gasteiger charge is 2.38. The molecule has 0 aliphatic carbocycles. The van der Waals surface area contributed by atoms with Crippen molar-refractivity contribution in [3.63, 3.8) is 0 Å². The van der Waals surface area contributed by atoms with Gasteiger partial charge in [-0.1, -0.05) is 32.9 Å². The van der Waals surface area contributed by atoms with Crippen LogP contribution in [0.15, 0.2) is 60.8 Å². The fourth-order valence-electron chi connectivity index (χ4n) is 4.51. The number of alkyl halides is 3. The molecule has 43 heavy (non-hydrogen) atoms. The number of rotatable bonds is 8. The summed E-state index contributed by atoms with van der Waals surface area (Å²) in [5.74, 6) is -4.56. The lowest BCUT2D eigenvalue weighted by Gasteiger charge is -2.22. The molecule has 7 nitrogen and oxygen atoms in total. The third-order valence-corrected chi connectivity index (χ3v) is 6.54. The second-order valence-corrected chi connectivity index (χ2v) is 10.9. The van der Waals surface area contributed by atoms with Gasteiger partial charge in [0.1, 0.15) is 29.7 Å². The number of nitrogens with one attached hydrogen (secondary N) is 1. The van der Waals surface area contributed by atoms with Crippen molar-refractivity contribution in [1.29, 1.82) is 0 Å². The quantitative estimate of drug-likeness (QED) is 0.246. The van der Waals surface area contributed by atoms with Crippen LogP contribution in [-0.2, 0) is 29.4 Å². The van der Waals surface area contributed by atoms with Gasteiger partial charge in [0.05, 0.1) is 23.0 Å². The van der Waals surface area contributed by atoms with Crippen LogP contribution < -0.4 is 11.1 Å². The lowest BCUT2D eigenvalue weighted by atomic mass is 9.92. The first kappa shape index (κ1) is 31.3. The van der Waals surface area contributed by atoms with Crippen LogP contribution in [0.4, 0.5) is 26.3 Å². The van der Waals surface area contributed by atoms with Gasteiger partial charge in [0.15, 0.2) is 0 Å². The summed E-state index contributed by atoms with van der Waals surface area (Å²) in [6, 6.07) is 9.11. The minimum atomic E-state index is -4.80. The van der Waals surface area contributed by atoms with Crippen LogP contribution in [0.1, 0.15) is 59.8 Å². The number of nitrogens with two attached hydrogens (primary N) is 1. The van der Waals surface area contributed by atoms with Gasteiger partial charge in [-0.05, 0) is 53.9 Å². The topological polar surface area (TPSA) is 103 Å². The molecule has 0 fully saturated rings. The second kappa shape index (κ2) is 11.9. The summed E-state index contributed by atoms with van der Waals surface area (Å²) in [6.45, 7) is 4.20. The number of hydrogen-bond acceptors (Lipinski definition) is 4. The molecule has 1 unspecified atom stereocenters. The number of aromatic nitrogens is 3. The Labute approximate surface area is 242 Å². The standard InChI is InChI=1S/C30H27F6N5O2/c1-29(2,3)24-14-25(30(34,35)36)41(40-24)15-26(42)39-23(11-16-9-18(31)13-19(32)10-16)27-20(5-4-8-38-27)17-6-7-22(33)21(12-17)28(37)43/h4-10,12-14,23H,11,15H2,1-3H3,(H2,37,43)(H,39,42). The normalized spacial score (nSPS) is 12.7. The summed E-state index contributed by atoms with van der Waals surface area (Å²) in [4.78, 5) is 29.4. The number of halogens is 6. The molecule has 2 amide bonds. The summed E-state index contributed by atoms with van der Waals surface area (Å²) in [5, 5.41) is 6.63. The Morgan fingerprint density at radius 1 is 0.977 bits per heavy atom. The van der Waals surface area contributed by atoms with E-state index in [0.29, 0.717) is 16.3 Å². The molecule has 2 aromatic carbocycles. The van der Waals surface area contributed by atoms with Gasteiger partial charge in [-0.2, -0.15) is 18.3 Å². The highest BCUT2D eigenvalue weighted by molar-refractivity contribution is 5.94. The zero-order valence-electron chi connectivity index (χ0n) is 23.3. The molecule has 0 saturated carbocycles. The molecule has 13 heteroatoms. The predicted molar refractivity (Wildman–Crippen MR) is 145 cm³/mol. The van der Waals surface area contributed by atoms with Gasteiger partial charge < -0.3 is 11.1 Å². The third kappa shape index (κ3) is 7.40. The maximum atomic E-state index is 14.2. The van der Waals surface area contributed by atoms with Crippen LogP contribution in [0.25, 0.3) is 11.1 Å². The van der Waals surface area contributed by atoms with Crippen LogP contribution in [0.3, 0.4) is 0 Å². The number of pyridine rings is 1. The van der Waals surface area contributed by atoms with Gasteiger partial charge in [-0.3, -0.25) is 19.3 Å². The average molecular weight is 604 g/mol. The van der Waals surface area contributed by atoms with E-state index in [9.17, 15) is 35.9 Å². The lowest BCUT2D eigenvalue weighted by Crippen LogP contribution is -2.35. The molecule has 2 heterocycles. The number of carbonyl (C=O) groups is 2. The van der Waals surface area contributed by atoms with Crippen molar-refractivity contribution in [2.24, 2.45) is 5.73 Å². The lowest BCUT2D eigenvalue weighted by molar-refractivity contribution is -0.144. The van der Waals surface area contributed by atoms with E-state index in [-0.39, 0.29) is 28.9 Å². The number of nitrogens with zero attached hydrogens (tertiary/aromatic N) is 3. The largest absolute Gasteiger partial charge is 0.433 e. The van der Waals surface area contributed by atoms with Crippen molar-refractivity contribution in [2.45, 2.75) is 51.4 Å². The molecule has 0 saturated heterocycles. The maximum Gasteiger partial charge on any atom is 0.433 e. The molecule has 226 valence electrons. The van der Waals surface area contributed by atoms with Gasteiger partial charge in [0.25, 0.3) is 5.91 Å². The zero-order valence-corrected chi connectivity index (χ0v) is 23.3. The molecular weight excluding hydrogens is 576 g/mol. The summed E-state index contributed by atoms with van der Waals surface area (Å²) < 4.78 is 84.3. The molecule has 3 N–H and O–H groups in total. The summed E-state index contributed by atoms with van der Waals surface area (Å²) >= 11 is 0. The van der Waals surface area contributed by atoms with Gasteiger partial charge >= 0.3 is 6.18 Å². The molecule has 4 aromatic rings. The second-order valence-electron chi connectivity index (χ2n) is 10.9. The molecule has 2 aromatic heterocycles. The van der Waals surface area contributed by atoms with E-state index in [1.54, 1.807) is 26.8 Å². The van der Waals surface area contributed by atoms with Gasteiger partial charge in [-0.15, -0.1) is 0 Å². The fourth-order valence-corrected chi connectivity index (χ4v) is 4.51. The number of benzene rings is 2. The van der Waals surface area contributed by atoms with Crippen LogP contribution in [0, 0.1) is 17.5 Å². The van der Waals surface area contributed by atoms with Crippen LogP contribution >= 0.6 is 0 Å². The molecule has 0 spiro atoms. The molecule has 1 atom stereocenters. The van der Waals surface area contributed by atoms with E-state index < -0.39 is 64.7 Å². The fraction of sp³-hybridized carbons (Fsp3) is 0.267. The Balaban J connectivity index is 1.76. The molecule has 4 rings (SSSR count). The SMILES string of the molecule is CC(C)(C)c1cc(C(F)(F)F)n(CC(=O)NC(Cc2cc(F)cc(F)c2)c2ncccc2-c2ccc(F)c(C(N)=O)c2)n1. The van der Waals surface area contributed by atoms with Gasteiger partial charge in [-0.25, -0.2) is 13.2 Å². The van der Waals surface area contributed by atoms with Crippen molar-refractivity contribution in [1.82, 2.24) is 20.1 Å². The first-order chi connectivity index (χ1) is 20.0. The summed E-state index contributed by atoms with van der Waals surface area (Å²) in [7, 11) is 0. The van der Waals surface area contributed by atoms with E-state index in [2.05, 4.69) is 15.4 Å². The van der Waals surface area contributed by atoms with Crippen molar-refractivity contribution in [3.05, 3.63) is 106 Å². The summed E-state index contributed by atoms with van der Waals surface area (Å²) in [6.07, 6.45) is -3.66. The summed E-state index contributed by atoms with van der Waals surface area (Å²) in [5.41, 5.74) is 3.96. The monoisotopic (exact) mass is 603 g/mol. The van der Waals surface area contributed by atoms with Crippen LogP contribution in [0.5, 0.6) is 0 Å². The van der Waals surface area contributed by atoms with E-state index in [1.807, 2.05) is 0 Å². The average Bonchev–Trinajstić information content (AvgIpc) is 3.33. The van der Waals surface area contributed by atoms with Crippen molar-refractivity contribution in [3.8, 4) is 11.1 Å². The number of primary amides is 1. The Morgan fingerprint density at radius 2 is 1.65 bits per heavy atom. The zero-order chi connectivity index (χ0) is 31.7. The molecular formula is C30H27F6N5O2. The highest BCUT2D eigenvalue weighted by atomic mass is 19.4. The van der Waals surface area contributed by atoms with E-state index in [0.717, 1.165) is 24.3 Å². The van der Waals surface area contributed by atoms with Crippen LogP contribution in [-0.4, -0.2) is 26.6 Å². The number of hydrogen-bond donors (Lipinski definition) is 2. The van der Waals surface area contributed by atoms with Crippen LogP contribution in [0.2, 0.25) is 0 Å². The first-order valence-electron chi connectivity index (χ1n) is 13.0. The Hall–Kier alpha value is -4.68. The van der Waals surface area contributed by atoms with Crippen molar-refractivity contribution >= 4 is 11.8 Å². The number of amides is 2. The molecule has 0 radical (unpaired) electrons. The van der Waals surface area contributed by atoms with Crippen molar-refractivity contribution in [2.75, 3.05) is 0 Å². The van der Waals surface area contributed by atoms with Crippen molar-refractivity contribution < 1.29 is 35.9 Å². The van der Waals surface area contributed by atoms with E-state index >= 15 is 0 Å². The predicted octanol–water partition coefficient (Wildman–Crippen LogP) is 5.88. The minimum Gasteiger partial charge on any atom is -0.366 e. The first-order valence-corrected chi connectivity index (χ1v) is 13.0. The van der Waals surface area contributed by atoms with E-state index in [1.165, 1.54) is 24.4 Å². The smallest absolute Gasteiger partial charge is 0.366 e. The molecule has 0 bridgehead atoms. The Morgan fingerprint density at radius 3 is 2.26 bits per heavy atom. The third-order valence-electron chi connectivity index (χ3n) is 6.54. The van der Waals surface area contributed by atoms with Gasteiger partial charge in [0, 0.05) is 23.2 Å². The Bertz CT molecular complexity index is 1660. The Kier molecular flexibility index (Phi) is 8.65. The maximum absolute atomic E-state index is 14.2. The number of carbonyl (C=O) groups excluding carboxylic acids is 2. The molecule has 0 aliphatic heterocycles.